The fourth-order valence-corrected chi connectivity index (χ4v) is 7.34. The molecular formula is C31H42O7. The van der Waals surface area contributed by atoms with Crippen LogP contribution >= 0.6 is 0 Å². The first-order valence-corrected chi connectivity index (χ1v) is 14.3. The standard InChI is InChI=1S/C31H42O7/c1-4-5-6-7-8-28(35)37-19-27(34)29(36)38-18-26(33)25-12-11-23-22-10-9-20-17-21(32)13-15-30(20,2)24(22)14-16-31(23,25)3/h13,15,17,23,25,27,34H,4-12,14,16,18-19H2,1-3H3/t23-,25+,27?,30-,31-/m0/s1. The number of esters is 2. The molecule has 0 amide bonds. The number of rotatable bonds is 11. The molecule has 4 rings (SSSR count). The minimum absolute atomic E-state index is 0.0638. The van der Waals surface area contributed by atoms with Crippen molar-refractivity contribution in [3.63, 3.8) is 0 Å². The van der Waals surface area contributed by atoms with Crippen molar-refractivity contribution in [3.05, 3.63) is 34.9 Å². The van der Waals surface area contributed by atoms with Gasteiger partial charge in [-0.3, -0.25) is 14.4 Å². The summed E-state index contributed by atoms with van der Waals surface area (Å²) >= 11 is 0. The van der Waals surface area contributed by atoms with Crippen LogP contribution in [0.5, 0.6) is 0 Å². The van der Waals surface area contributed by atoms with E-state index in [1.807, 2.05) is 0 Å². The van der Waals surface area contributed by atoms with Crippen LogP contribution in [0.15, 0.2) is 34.9 Å². The third-order valence-electron chi connectivity index (χ3n) is 9.57. The summed E-state index contributed by atoms with van der Waals surface area (Å²) < 4.78 is 10.2. The van der Waals surface area contributed by atoms with Gasteiger partial charge in [-0.25, -0.2) is 4.79 Å². The second-order valence-corrected chi connectivity index (χ2v) is 11.9. The highest BCUT2D eigenvalue weighted by atomic mass is 16.6. The Morgan fingerprint density at radius 2 is 1.87 bits per heavy atom. The minimum Gasteiger partial charge on any atom is -0.462 e. The molecule has 1 saturated carbocycles. The Kier molecular flexibility index (Phi) is 8.75. The molecule has 208 valence electrons. The molecular weight excluding hydrogens is 484 g/mol. The molecule has 7 nitrogen and oxygen atoms in total. The van der Waals surface area contributed by atoms with Crippen LogP contribution in [0.25, 0.3) is 0 Å². The highest BCUT2D eigenvalue weighted by Crippen LogP contribution is 2.63. The topological polar surface area (TPSA) is 107 Å². The van der Waals surface area contributed by atoms with Crippen molar-refractivity contribution in [3.8, 4) is 0 Å². The first kappa shape index (κ1) is 28.5. The lowest BCUT2D eigenvalue weighted by Gasteiger charge is -2.49. The molecule has 0 aromatic heterocycles. The number of fused-ring (bicyclic) bond motifs is 4. The van der Waals surface area contributed by atoms with Crippen molar-refractivity contribution in [2.24, 2.45) is 22.7 Å². The lowest BCUT2D eigenvalue weighted by Crippen LogP contribution is -2.42. The molecule has 0 aromatic rings. The molecule has 5 atom stereocenters. The zero-order valence-electron chi connectivity index (χ0n) is 23.1. The second-order valence-electron chi connectivity index (χ2n) is 11.9. The van der Waals surface area contributed by atoms with Gasteiger partial charge in [0.25, 0.3) is 0 Å². The van der Waals surface area contributed by atoms with Gasteiger partial charge in [-0.1, -0.05) is 55.9 Å². The fraction of sp³-hybridized carbons (Fsp3) is 0.677. The summed E-state index contributed by atoms with van der Waals surface area (Å²) in [5.41, 5.74) is 3.68. The molecule has 1 fully saturated rings. The average molecular weight is 527 g/mol. The van der Waals surface area contributed by atoms with Gasteiger partial charge in [-0.15, -0.1) is 0 Å². The van der Waals surface area contributed by atoms with E-state index in [1.165, 1.54) is 16.7 Å². The van der Waals surface area contributed by atoms with E-state index in [9.17, 15) is 24.3 Å². The maximum Gasteiger partial charge on any atom is 0.339 e. The first-order valence-electron chi connectivity index (χ1n) is 14.3. The van der Waals surface area contributed by atoms with Gasteiger partial charge in [-0.2, -0.15) is 0 Å². The molecule has 0 saturated heterocycles. The predicted molar refractivity (Wildman–Crippen MR) is 142 cm³/mol. The number of hydrogen-bond donors (Lipinski definition) is 1. The summed E-state index contributed by atoms with van der Waals surface area (Å²) in [4.78, 5) is 49.2. The monoisotopic (exact) mass is 526 g/mol. The van der Waals surface area contributed by atoms with Gasteiger partial charge < -0.3 is 14.6 Å². The van der Waals surface area contributed by atoms with E-state index in [1.54, 1.807) is 12.2 Å². The molecule has 0 spiro atoms. The highest BCUT2D eigenvalue weighted by Gasteiger charge is 2.55. The maximum atomic E-state index is 13.2. The van der Waals surface area contributed by atoms with Gasteiger partial charge in [0.05, 0.1) is 0 Å². The van der Waals surface area contributed by atoms with E-state index in [0.29, 0.717) is 5.92 Å². The smallest absolute Gasteiger partial charge is 0.339 e. The van der Waals surface area contributed by atoms with Crippen LogP contribution in [0.4, 0.5) is 0 Å². The minimum atomic E-state index is -1.60. The van der Waals surface area contributed by atoms with Crippen molar-refractivity contribution in [1.29, 1.82) is 0 Å². The Morgan fingerprint density at radius 3 is 2.63 bits per heavy atom. The van der Waals surface area contributed by atoms with E-state index in [4.69, 9.17) is 9.47 Å². The molecule has 7 heteroatoms. The molecule has 1 unspecified atom stereocenters. The largest absolute Gasteiger partial charge is 0.462 e. The van der Waals surface area contributed by atoms with Crippen molar-refractivity contribution in [2.45, 2.75) is 97.5 Å². The first-order chi connectivity index (χ1) is 18.1. The molecule has 1 N–H and O–H groups in total. The van der Waals surface area contributed by atoms with E-state index < -0.39 is 24.6 Å². The number of unbranched alkanes of at least 4 members (excludes halogenated alkanes) is 3. The van der Waals surface area contributed by atoms with Crippen molar-refractivity contribution < 1.29 is 33.8 Å². The number of ketones is 2. The van der Waals surface area contributed by atoms with Crippen LogP contribution in [0.2, 0.25) is 0 Å². The van der Waals surface area contributed by atoms with Crippen LogP contribution in [0.3, 0.4) is 0 Å². The van der Waals surface area contributed by atoms with Gasteiger partial charge in [-0.05, 0) is 75.4 Å². The predicted octanol–water partition coefficient (Wildman–Crippen LogP) is 4.96. The number of Topliss-reactive ketones (excluding diaryl/α,β-unsaturated/α-hetero) is 1. The SMILES string of the molecule is CCCCCCC(=O)OCC(O)C(=O)OCC(=O)[C@H]1CC[C@H]2C3=C(CC[C@]12C)[C@@]1(C)C=CC(=O)C=C1CC3. The van der Waals surface area contributed by atoms with Gasteiger partial charge >= 0.3 is 11.9 Å². The number of hydrogen-bond acceptors (Lipinski definition) is 7. The van der Waals surface area contributed by atoms with Gasteiger partial charge in [0.1, 0.15) is 13.2 Å². The fourth-order valence-electron chi connectivity index (χ4n) is 7.34. The second kappa shape index (κ2) is 11.7. The molecule has 4 aliphatic rings. The molecule has 0 aliphatic heterocycles. The molecule has 0 aromatic carbocycles. The van der Waals surface area contributed by atoms with Gasteiger partial charge in [0, 0.05) is 17.8 Å². The number of carbonyl (C=O) groups excluding carboxylic acids is 4. The Hall–Kier alpha value is -2.54. The van der Waals surface area contributed by atoms with Crippen LogP contribution in [-0.4, -0.2) is 47.9 Å². The van der Waals surface area contributed by atoms with Crippen LogP contribution in [0.1, 0.15) is 91.4 Å². The van der Waals surface area contributed by atoms with Crippen LogP contribution in [0, 0.1) is 22.7 Å². The van der Waals surface area contributed by atoms with Crippen molar-refractivity contribution in [1.82, 2.24) is 0 Å². The molecule has 0 bridgehead atoms. The Bertz CT molecular complexity index is 1070. The average Bonchev–Trinajstić information content (AvgIpc) is 3.25. The summed E-state index contributed by atoms with van der Waals surface area (Å²) in [6.45, 7) is 5.65. The quantitative estimate of drug-likeness (QED) is 0.230. The zero-order chi connectivity index (χ0) is 27.5. The third-order valence-corrected chi connectivity index (χ3v) is 9.57. The number of allylic oxidation sites excluding steroid dienone is 6. The van der Waals surface area contributed by atoms with E-state index in [0.717, 1.165) is 64.2 Å². The lowest BCUT2D eigenvalue weighted by atomic mass is 9.54. The van der Waals surface area contributed by atoms with E-state index in [-0.39, 0.29) is 41.3 Å². The Balaban J connectivity index is 1.31. The normalized spacial score (nSPS) is 30.6. The number of aliphatic hydroxyl groups is 1. The van der Waals surface area contributed by atoms with E-state index >= 15 is 0 Å². The maximum absolute atomic E-state index is 13.2. The van der Waals surface area contributed by atoms with Crippen LogP contribution in [-0.2, 0) is 28.7 Å². The van der Waals surface area contributed by atoms with Crippen molar-refractivity contribution >= 4 is 23.5 Å². The Labute approximate surface area is 225 Å². The number of ether oxygens (including phenoxy) is 2. The highest BCUT2D eigenvalue weighted by molar-refractivity contribution is 6.01. The number of aliphatic hydroxyl groups excluding tert-OH is 1. The third kappa shape index (κ3) is 5.58. The summed E-state index contributed by atoms with van der Waals surface area (Å²) in [5, 5.41) is 10.1. The molecule has 0 heterocycles. The van der Waals surface area contributed by atoms with Gasteiger partial charge in [0.2, 0.25) is 0 Å². The number of carbonyl (C=O) groups is 4. The van der Waals surface area contributed by atoms with Crippen molar-refractivity contribution in [2.75, 3.05) is 13.2 Å². The molecule has 38 heavy (non-hydrogen) atoms. The summed E-state index contributed by atoms with van der Waals surface area (Å²) in [5.74, 6) is -1.34. The van der Waals surface area contributed by atoms with Crippen LogP contribution < -0.4 is 0 Å². The zero-order valence-corrected chi connectivity index (χ0v) is 23.1. The lowest BCUT2D eigenvalue weighted by molar-refractivity contribution is -0.163. The summed E-state index contributed by atoms with van der Waals surface area (Å²) in [6.07, 6.45) is 13.2. The van der Waals surface area contributed by atoms with Gasteiger partial charge in [0.15, 0.2) is 17.7 Å². The summed E-state index contributed by atoms with van der Waals surface area (Å²) in [7, 11) is 0. The van der Waals surface area contributed by atoms with E-state index in [2.05, 4.69) is 26.8 Å². The molecule has 4 aliphatic carbocycles. The summed E-state index contributed by atoms with van der Waals surface area (Å²) in [6, 6.07) is 0. The molecule has 0 radical (unpaired) electrons. The Morgan fingerprint density at radius 1 is 1.08 bits per heavy atom.